The van der Waals surface area contributed by atoms with Crippen LogP contribution in [0.15, 0.2) is 18.2 Å². The Morgan fingerprint density at radius 3 is 2.39 bits per heavy atom. The third-order valence-corrected chi connectivity index (χ3v) is 3.74. The molecule has 0 radical (unpaired) electrons. The summed E-state index contributed by atoms with van der Waals surface area (Å²) in [6.07, 6.45) is 1.20. The van der Waals surface area contributed by atoms with Crippen molar-refractivity contribution in [3.63, 3.8) is 0 Å². The van der Waals surface area contributed by atoms with Gasteiger partial charge in [-0.2, -0.15) is 0 Å². The van der Waals surface area contributed by atoms with Crippen molar-refractivity contribution in [3.8, 4) is 11.5 Å². The number of phosphoric acid groups is 1. The summed E-state index contributed by atoms with van der Waals surface area (Å²) in [6, 6.07) is 4.59. The maximum Gasteiger partial charge on any atom is 0.474 e. The number of aryl methyl sites for hydroxylation is 1. The first-order valence-electron chi connectivity index (χ1n) is 5.37. The zero-order chi connectivity index (χ0) is 13.6. The van der Waals surface area contributed by atoms with Crippen LogP contribution in [0.1, 0.15) is 12.0 Å². The second-order valence-corrected chi connectivity index (χ2v) is 5.46. The van der Waals surface area contributed by atoms with Gasteiger partial charge in [0.1, 0.15) is 0 Å². The number of phenols is 2. The fourth-order valence-electron chi connectivity index (χ4n) is 1.36. The SMILES string of the molecule is COP(=O)(OC)OCCCc1ccc(O)c(O)c1. The van der Waals surface area contributed by atoms with E-state index < -0.39 is 7.82 Å². The van der Waals surface area contributed by atoms with Crippen LogP contribution < -0.4 is 0 Å². The van der Waals surface area contributed by atoms with E-state index in [2.05, 4.69) is 9.05 Å². The van der Waals surface area contributed by atoms with Crippen LogP contribution in [0, 0.1) is 0 Å². The molecule has 1 rings (SSSR count). The van der Waals surface area contributed by atoms with Crippen LogP contribution >= 0.6 is 7.82 Å². The molecule has 7 heteroatoms. The second-order valence-electron chi connectivity index (χ2n) is 3.57. The lowest BCUT2D eigenvalue weighted by Crippen LogP contribution is -1.98. The molecule has 0 spiro atoms. The molecule has 1 aromatic carbocycles. The molecular weight excluding hydrogens is 259 g/mol. The van der Waals surface area contributed by atoms with Crippen molar-refractivity contribution in [3.05, 3.63) is 23.8 Å². The van der Waals surface area contributed by atoms with Gasteiger partial charge in [-0.1, -0.05) is 6.07 Å². The van der Waals surface area contributed by atoms with E-state index in [-0.39, 0.29) is 18.1 Å². The van der Waals surface area contributed by atoms with Gasteiger partial charge in [-0.3, -0.25) is 13.6 Å². The van der Waals surface area contributed by atoms with Gasteiger partial charge in [-0.25, -0.2) is 4.57 Å². The summed E-state index contributed by atoms with van der Waals surface area (Å²) in [5, 5.41) is 18.4. The molecule has 0 unspecified atom stereocenters. The summed E-state index contributed by atoms with van der Waals surface area (Å²) < 4.78 is 25.7. The highest BCUT2D eigenvalue weighted by Crippen LogP contribution is 2.47. The minimum Gasteiger partial charge on any atom is -0.504 e. The smallest absolute Gasteiger partial charge is 0.474 e. The fourth-order valence-corrected chi connectivity index (χ4v) is 2.07. The Morgan fingerprint density at radius 1 is 1.17 bits per heavy atom. The third kappa shape index (κ3) is 4.31. The zero-order valence-corrected chi connectivity index (χ0v) is 11.2. The lowest BCUT2D eigenvalue weighted by Gasteiger charge is -2.12. The quantitative estimate of drug-likeness (QED) is 0.452. The van der Waals surface area contributed by atoms with E-state index in [1.54, 1.807) is 6.07 Å². The fraction of sp³-hybridized carbons (Fsp3) is 0.455. The van der Waals surface area contributed by atoms with E-state index in [9.17, 15) is 9.67 Å². The molecule has 0 saturated carbocycles. The first-order chi connectivity index (χ1) is 8.50. The molecule has 0 fully saturated rings. The van der Waals surface area contributed by atoms with Crippen molar-refractivity contribution in [2.24, 2.45) is 0 Å². The topological polar surface area (TPSA) is 85.2 Å². The van der Waals surface area contributed by atoms with Crippen LogP contribution in [0.2, 0.25) is 0 Å². The first kappa shape index (κ1) is 15.0. The van der Waals surface area contributed by atoms with E-state index in [0.717, 1.165) is 5.56 Å². The zero-order valence-electron chi connectivity index (χ0n) is 10.3. The molecule has 0 aliphatic carbocycles. The molecule has 0 amide bonds. The van der Waals surface area contributed by atoms with Crippen molar-refractivity contribution in [2.45, 2.75) is 12.8 Å². The van der Waals surface area contributed by atoms with Gasteiger partial charge < -0.3 is 10.2 Å². The summed E-state index contributed by atoms with van der Waals surface area (Å²) in [6.45, 7) is 0.209. The average Bonchev–Trinajstić information content (AvgIpc) is 2.38. The molecule has 2 N–H and O–H groups in total. The maximum absolute atomic E-state index is 11.5. The highest BCUT2D eigenvalue weighted by Gasteiger charge is 2.21. The predicted molar refractivity (Wildman–Crippen MR) is 65.7 cm³/mol. The predicted octanol–water partition coefficient (Wildman–Crippen LogP) is 2.45. The monoisotopic (exact) mass is 276 g/mol. The van der Waals surface area contributed by atoms with Crippen molar-refractivity contribution >= 4 is 7.82 Å². The molecule has 0 aliphatic heterocycles. The molecule has 0 aromatic heterocycles. The molecule has 0 heterocycles. The third-order valence-electron chi connectivity index (χ3n) is 2.35. The minimum absolute atomic E-state index is 0.154. The number of phosphoric ester groups is 1. The van der Waals surface area contributed by atoms with Crippen LogP contribution in [0.4, 0.5) is 0 Å². The van der Waals surface area contributed by atoms with Crippen molar-refractivity contribution in [1.29, 1.82) is 0 Å². The molecule has 1 aromatic rings. The van der Waals surface area contributed by atoms with Crippen LogP contribution in [-0.4, -0.2) is 31.0 Å². The molecular formula is C11H17O6P. The molecule has 0 atom stereocenters. The number of hydrogen-bond donors (Lipinski definition) is 2. The second kappa shape index (κ2) is 6.75. The Kier molecular flexibility index (Phi) is 5.62. The van der Waals surface area contributed by atoms with Gasteiger partial charge in [-0.05, 0) is 30.5 Å². The van der Waals surface area contributed by atoms with Gasteiger partial charge in [-0.15, -0.1) is 0 Å². The molecule has 102 valence electrons. The summed E-state index contributed by atoms with van der Waals surface area (Å²) >= 11 is 0. The minimum atomic E-state index is -3.41. The summed E-state index contributed by atoms with van der Waals surface area (Å²) in [5.41, 5.74) is 0.846. The van der Waals surface area contributed by atoms with E-state index in [0.29, 0.717) is 12.8 Å². The number of aromatic hydroxyl groups is 2. The molecule has 0 bridgehead atoms. The van der Waals surface area contributed by atoms with Gasteiger partial charge in [0.05, 0.1) is 6.61 Å². The summed E-state index contributed by atoms with van der Waals surface area (Å²) in [4.78, 5) is 0. The maximum atomic E-state index is 11.5. The largest absolute Gasteiger partial charge is 0.504 e. The van der Waals surface area contributed by atoms with Crippen LogP contribution in [-0.2, 0) is 24.6 Å². The Balaban J connectivity index is 2.38. The highest BCUT2D eigenvalue weighted by atomic mass is 31.2. The summed E-state index contributed by atoms with van der Waals surface area (Å²) in [5.74, 6) is -0.314. The Hall–Kier alpha value is -1.07. The van der Waals surface area contributed by atoms with E-state index in [4.69, 9.17) is 9.63 Å². The number of hydrogen-bond acceptors (Lipinski definition) is 6. The van der Waals surface area contributed by atoms with Crippen molar-refractivity contribution in [1.82, 2.24) is 0 Å². The summed E-state index contributed by atoms with van der Waals surface area (Å²) in [7, 11) is -0.905. The highest BCUT2D eigenvalue weighted by molar-refractivity contribution is 7.48. The van der Waals surface area contributed by atoms with Gasteiger partial charge in [0.15, 0.2) is 11.5 Å². The Labute approximate surface area is 106 Å². The lowest BCUT2D eigenvalue weighted by molar-refractivity contribution is 0.151. The number of rotatable bonds is 7. The van der Waals surface area contributed by atoms with Gasteiger partial charge >= 0.3 is 7.82 Å². The lowest BCUT2D eigenvalue weighted by atomic mass is 10.1. The van der Waals surface area contributed by atoms with E-state index >= 15 is 0 Å². The first-order valence-corrected chi connectivity index (χ1v) is 6.83. The van der Waals surface area contributed by atoms with Gasteiger partial charge in [0, 0.05) is 14.2 Å². The van der Waals surface area contributed by atoms with Crippen molar-refractivity contribution < 1.29 is 28.3 Å². The molecule has 0 aliphatic rings. The number of phenolic OH excluding ortho intramolecular Hbond substituents is 2. The van der Waals surface area contributed by atoms with Crippen LogP contribution in [0.25, 0.3) is 0 Å². The van der Waals surface area contributed by atoms with Crippen LogP contribution in [0.5, 0.6) is 11.5 Å². The Bertz CT molecular complexity index is 426. The molecule has 0 saturated heterocycles. The normalized spacial score (nSPS) is 11.7. The molecule has 18 heavy (non-hydrogen) atoms. The Morgan fingerprint density at radius 2 is 1.83 bits per heavy atom. The average molecular weight is 276 g/mol. The molecule has 6 nitrogen and oxygen atoms in total. The van der Waals surface area contributed by atoms with Crippen molar-refractivity contribution in [2.75, 3.05) is 20.8 Å². The number of benzene rings is 1. The van der Waals surface area contributed by atoms with E-state index in [1.807, 2.05) is 0 Å². The van der Waals surface area contributed by atoms with Gasteiger partial charge in [0.25, 0.3) is 0 Å². The van der Waals surface area contributed by atoms with Gasteiger partial charge in [0.2, 0.25) is 0 Å². The van der Waals surface area contributed by atoms with Crippen LogP contribution in [0.3, 0.4) is 0 Å². The van der Waals surface area contributed by atoms with E-state index in [1.165, 1.54) is 26.4 Å². The standard InChI is InChI=1S/C11H17O6P/c1-15-18(14,16-2)17-7-3-4-9-5-6-10(12)11(13)8-9/h5-6,8,12-13H,3-4,7H2,1-2H3.